The van der Waals surface area contributed by atoms with Gasteiger partial charge in [-0.05, 0) is 37.0 Å². The standard InChI is InChI=1S/C14H19ClN2O2/c1-9-4-5-17(10(6-9)8-16)14(19)12-7-11(18)2-3-13(12)15/h2-3,7,9-10,18H,4-6,8,16H2,1H3. The number of nitrogens with zero attached hydrogens (tertiary/aromatic N) is 1. The Morgan fingerprint density at radius 3 is 3.00 bits per heavy atom. The fourth-order valence-electron chi connectivity index (χ4n) is 2.57. The summed E-state index contributed by atoms with van der Waals surface area (Å²) in [5.41, 5.74) is 6.11. The Labute approximate surface area is 118 Å². The maximum absolute atomic E-state index is 12.5. The third-order valence-corrected chi connectivity index (χ3v) is 4.02. The van der Waals surface area contributed by atoms with E-state index in [0.717, 1.165) is 12.8 Å². The fraction of sp³-hybridized carbons (Fsp3) is 0.500. The highest BCUT2D eigenvalue weighted by molar-refractivity contribution is 6.33. The number of halogens is 1. The molecule has 1 aliphatic heterocycles. The van der Waals surface area contributed by atoms with Gasteiger partial charge < -0.3 is 15.7 Å². The molecule has 1 aromatic rings. The monoisotopic (exact) mass is 282 g/mol. The van der Waals surface area contributed by atoms with Crippen molar-refractivity contribution >= 4 is 17.5 Å². The van der Waals surface area contributed by atoms with Crippen molar-refractivity contribution in [2.75, 3.05) is 13.1 Å². The van der Waals surface area contributed by atoms with Crippen molar-refractivity contribution in [3.8, 4) is 5.75 Å². The van der Waals surface area contributed by atoms with E-state index in [4.69, 9.17) is 17.3 Å². The average Bonchev–Trinajstić information content (AvgIpc) is 2.40. The summed E-state index contributed by atoms with van der Waals surface area (Å²) in [5.74, 6) is 0.475. The minimum absolute atomic E-state index is 0.0439. The predicted molar refractivity (Wildman–Crippen MR) is 75.4 cm³/mol. The topological polar surface area (TPSA) is 66.6 Å². The van der Waals surface area contributed by atoms with Crippen molar-refractivity contribution in [3.05, 3.63) is 28.8 Å². The molecule has 0 bridgehead atoms. The van der Waals surface area contributed by atoms with Crippen LogP contribution in [-0.4, -0.2) is 35.0 Å². The second kappa shape index (κ2) is 5.80. The molecule has 4 nitrogen and oxygen atoms in total. The number of benzene rings is 1. The second-order valence-electron chi connectivity index (χ2n) is 5.18. The van der Waals surface area contributed by atoms with Crippen LogP contribution in [0.25, 0.3) is 0 Å². The van der Waals surface area contributed by atoms with Gasteiger partial charge in [-0.15, -0.1) is 0 Å². The average molecular weight is 283 g/mol. The number of hydrogen-bond acceptors (Lipinski definition) is 3. The van der Waals surface area contributed by atoms with Gasteiger partial charge in [0.25, 0.3) is 5.91 Å². The Bertz CT molecular complexity index is 479. The van der Waals surface area contributed by atoms with E-state index in [2.05, 4.69) is 6.92 Å². The molecule has 0 saturated carbocycles. The Kier molecular flexibility index (Phi) is 4.32. The Hall–Kier alpha value is -1.26. The van der Waals surface area contributed by atoms with Crippen LogP contribution in [0.1, 0.15) is 30.1 Å². The van der Waals surface area contributed by atoms with Gasteiger partial charge in [0.05, 0.1) is 10.6 Å². The van der Waals surface area contributed by atoms with Gasteiger partial charge in [-0.2, -0.15) is 0 Å². The van der Waals surface area contributed by atoms with Crippen molar-refractivity contribution in [2.24, 2.45) is 11.7 Å². The quantitative estimate of drug-likeness (QED) is 0.874. The summed E-state index contributed by atoms with van der Waals surface area (Å²) >= 11 is 6.04. The van der Waals surface area contributed by atoms with Crippen LogP contribution in [0, 0.1) is 5.92 Å². The maximum atomic E-state index is 12.5. The molecule has 0 spiro atoms. The number of aromatic hydroxyl groups is 1. The SMILES string of the molecule is CC1CCN(C(=O)c2cc(O)ccc2Cl)C(CN)C1. The first-order valence-corrected chi connectivity index (χ1v) is 6.90. The lowest BCUT2D eigenvalue weighted by atomic mass is 9.92. The van der Waals surface area contributed by atoms with Crippen LogP contribution in [0.3, 0.4) is 0 Å². The summed E-state index contributed by atoms with van der Waals surface area (Å²) in [5, 5.41) is 9.85. The van der Waals surface area contributed by atoms with Crippen molar-refractivity contribution in [1.82, 2.24) is 4.90 Å². The highest BCUT2D eigenvalue weighted by Gasteiger charge is 2.30. The molecule has 1 heterocycles. The summed E-state index contributed by atoms with van der Waals surface area (Å²) in [4.78, 5) is 14.3. The molecule has 1 fully saturated rings. The van der Waals surface area contributed by atoms with Crippen LogP contribution in [0.4, 0.5) is 0 Å². The van der Waals surface area contributed by atoms with Crippen molar-refractivity contribution < 1.29 is 9.90 Å². The lowest BCUT2D eigenvalue weighted by Gasteiger charge is -2.38. The molecule has 104 valence electrons. The normalized spacial score (nSPS) is 23.4. The zero-order chi connectivity index (χ0) is 14.0. The van der Waals surface area contributed by atoms with Crippen LogP contribution >= 0.6 is 11.6 Å². The first-order chi connectivity index (χ1) is 9.02. The number of likely N-dealkylation sites (tertiary alicyclic amines) is 1. The van der Waals surface area contributed by atoms with Gasteiger partial charge in [-0.1, -0.05) is 18.5 Å². The van der Waals surface area contributed by atoms with Gasteiger partial charge in [0, 0.05) is 19.1 Å². The van der Waals surface area contributed by atoms with E-state index in [1.807, 2.05) is 0 Å². The molecular weight excluding hydrogens is 264 g/mol. The highest BCUT2D eigenvalue weighted by atomic mass is 35.5. The molecule has 2 unspecified atom stereocenters. The number of rotatable bonds is 2. The minimum Gasteiger partial charge on any atom is -0.508 e. The summed E-state index contributed by atoms with van der Waals surface area (Å²) in [6.07, 6.45) is 1.89. The second-order valence-corrected chi connectivity index (χ2v) is 5.59. The number of hydrogen-bond donors (Lipinski definition) is 2. The molecule has 1 aliphatic rings. The summed E-state index contributed by atoms with van der Waals surface area (Å²) < 4.78 is 0. The van der Waals surface area contributed by atoms with E-state index in [1.54, 1.807) is 4.90 Å². The van der Waals surface area contributed by atoms with Crippen molar-refractivity contribution in [1.29, 1.82) is 0 Å². The third kappa shape index (κ3) is 3.01. The summed E-state index contributed by atoms with van der Waals surface area (Å²) in [6.45, 7) is 3.31. The van der Waals surface area contributed by atoms with E-state index in [0.29, 0.717) is 29.6 Å². The van der Waals surface area contributed by atoms with E-state index < -0.39 is 0 Å². The predicted octanol–water partition coefficient (Wildman–Crippen LogP) is 2.25. The van der Waals surface area contributed by atoms with Crippen molar-refractivity contribution in [2.45, 2.75) is 25.8 Å². The van der Waals surface area contributed by atoms with E-state index >= 15 is 0 Å². The molecule has 2 rings (SSSR count). The van der Waals surface area contributed by atoms with Crippen LogP contribution < -0.4 is 5.73 Å². The molecule has 2 atom stereocenters. The van der Waals surface area contributed by atoms with Gasteiger partial charge in [0.1, 0.15) is 5.75 Å². The first kappa shape index (κ1) is 14.2. The number of nitrogens with two attached hydrogens (primary N) is 1. The Balaban J connectivity index is 2.25. The number of amides is 1. The van der Waals surface area contributed by atoms with E-state index in [9.17, 15) is 9.90 Å². The van der Waals surface area contributed by atoms with Gasteiger partial charge in [-0.3, -0.25) is 4.79 Å². The number of phenols is 1. The number of piperidine rings is 1. The molecule has 1 aromatic carbocycles. The highest BCUT2D eigenvalue weighted by Crippen LogP contribution is 2.27. The van der Waals surface area contributed by atoms with Crippen LogP contribution in [-0.2, 0) is 0 Å². The number of carbonyl (C=O) groups excluding carboxylic acids is 1. The van der Waals surface area contributed by atoms with Crippen LogP contribution in [0.5, 0.6) is 5.75 Å². The number of carbonyl (C=O) groups is 1. The lowest BCUT2D eigenvalue weighted by molar-refractivity contribution is 0.0573. The molecule has 3 N–H and O–H groups in total. The number of phenolic OH excluding ortho intramolecular Hbond substituents is 1. The first-order valence-electron chi connectivity index (χ1n) is 6.52. The van der Waals surface area contributed by atoms with Gasteiger partial charge >= 0.3 is 0 Å². The Morgan fingerprint density at radius 2 is 2.32 bits per heavy atom. The van der Waals surface area contributed by atoms with Crippen molar-refractivity contribution in [3.63, 3.8) is 0 Å². The zero-order valence-corrected chi connectivity index (χ0v) is 11.7. The van der Waals surface area contributed by atoms with E-state index in [-0.39, 0.29) is 17.7 Å². The molecule has 5 heteroatoms. The Morgan fingerprint density at radius 1 is 1.58 bits per heavy atom. The molecule has 1 amide bonds. The largest absolute Gasteiger partial charge is 0.508 e. The van der Waals surface area contributed by atoms with Crippen LogP contribution in [0.2, 0.25) is 5.02 Å². The summed E-state index contributed by atoms with van der Waals surface area (Å²) in [6, 6.07) is 4.47. The minimum atomic E-state index is -0.150. The van der Waals surface area contributed by atoms with E-state index in [1.165, 1.54) is 18.2 Å². The molecular formula is C14H19ClN2O2. The smallest absolute Gasteiger partial charge is 0.255 e. The molecule has 0 radical (unpaired) electrons. The fourth-order valence-corrected chi connectivity index (χ4v) is 2.77. The molecule has 0 aliphatic carbocycles. The molecule has 1 saturated heterocycles. The van der Waals surface area contributed by atoms with Gasteiger partial charge in [0.15, 0.2) is 0 Å². The lowest BCUT2D eigenvalue weighted by Crippen LogP contribution is -2.49. The molecule has 0 aromatic heterocycles. The zero-order valence-electron chi connectivity index (χ0n) is 11.0. The third-order valence-electron chi connectivity index (χ3n) is 3.69. The van der Waals surface area contributed by atoms with Gasteiger partial charge in [-0.25, -0.2) is 0 Å². The summed E-state index contributed by atoms with van der Waals surface area (Å²) in [7, 11) is 0. The van der Waals surface area contributed by atoms with Gasteiger partial charge in [0.2, 0.25) is 0 Å². The molecule has 19 heavy (non-hydrogen) atoms. The van der Waals surface area contributed by atoms with Crippen LogP contribution in [0.15, 0.2) is 18.2 Å². The maximum Gasteiger partial charge on any atom is 0.255 e.